The third kappa shape index (κ3) is 13.5. The molecule has 0 aliphatic heterocycles. The molecule has 3 nitrogen and oxygen atoms in total. The smallest absolute Gasteiger partial charge is 0.216 e. The first-order valence-electron chi connectivity index (χ1n) is 6.99. The van der Waals surface area contributed by atoms with Crippen LogP contribution in [0.4, 0.5) is 0 Å². The Morgan fingerprint density at radius 1 is 0.889 bits per heavy atom. The van der Waals surface area contributed by atoms with E-state index in [9.17, 15) is 9.59 Å². The molecule has 18 heavy (non-hydrogen) atoms. The van der Waals surface area contributed by atoms with Crippen molar-refractivity contribution in [3.8, 4) is 0 Å². The zero-order chi connectivity index (χ0) is 13.6. The molecule has 0 heterocycles. The highest BCUT2D eigenvalue weighted by molar-refractivity contribution is 6.27. The Morgan fingerprint density at radius 3 is 1.89 bits per heavy atom. The summed E-state index contributed by atoms with van der Waals surface area (Å²) in [5.41, 5.74) is 0. The number of carbonyl (C=O) groups excluding carboxylic acids is 2. The lowest BCUT2D eigenvalue weighted by Crippen LogP contribution is -2.20. The first-order valence-corrected chi connectivity index (χ1v) is 7.52. The van der Waals surface area contributed by atoms with Crippen LogP contribution in [0.3, 0.4) is 0 Å². The third-order valence-corrected chi connectivity index (χ3v) is 3.20. The maximum Gasteiger partial charge on any atom is 0.216 e. The van der Waals surface area contributed by atoms with Crippen molar-refractivity contribution in [2.75, 3.05) is 12.4 Å². The fraction of sp³-hybridized carbons (Fsp3) is 0.857. The van der Waals surface area contributed by atoms with Crippen LogP contribution in [0.2, 0.25) is 0 Å². The lowest BCUT2D eigenvalue weighted by molar-refractivity contribution is -0.119. The zero-order valence-electron chi connectivity index (χ0n) is 11.5. The fourth-order valence-corrected chi connectivity index (χ4v) is 1.97. The highest BCUT2D eigenvalue weighted by atomic mass is 35.5. The first kappa shape index (κ1) is 17.4. The van der Waals surface area contributed by atoms with Crippen molar-refractivity contribution in [3.63, 3.8) is 0 Å². The van der Waals surface area contributed by atoms with Gasteiger partial charge in [-0.3, -0.25) is 9.59 Å². The molecule has 4 heteroatoms. The van der Waals surface area contributed by atoms with E-state index in [0.717, 1.165) is 25.8 Å². The summed E-state index contributed by atoms with van der Waals surface area (Å²) in [6, 6.07) is 0. The Labute approximate surface area is 116 Å². The third-order valence-electron chi connectivity index (χ3n) is 2.91. The van der Waals surface area contributed by atoms with Gasteiger partial charge in [0.05, 0.1) is 5.88 Å². The number of hydrogen-bond acceptors (Lipinski definition) is 2. The SMILES string of the molecule is CC(=O)NCCCCCCCCCCC(=O)CCl. The van der Waals surface area contributed by atoms with E-state index in [1.54, 1.807) is 6.92 Å². The molecule has 0 aliphatic carbocycles. The molecule has 0 radical (unpaired) electrons. The van der Waals surface area contributed by atoms with Crippen LogP contribution in [0.5, 0.6) is 0 Å². The standard InChI is InChI=1S/C14H26ClNO2/c1-13(17)16-11-9-7-5-3-2-4-6-8-10-14(18)12-15/h2-12H2,1H3,(H,16,17). The second-order valence-electron chi connectivity index (χ2n) is 4.73. The minimum Gasteiger partial charge on any atom is -0.356 e. The lowest BCUT2D eigenvalue weighted by Gasteiger charge is -2.03. The predicted molar refractivity (Wildman–Crippen MR) is 76.0 cm³/mol. The lowest BCUT2D eigenvalue weighted by atomic mass is 10.1. The Morgan fingerprint density at radius 2 is 1.39 bits per heavy atom. The molecule has 0 atom stereocenters. The van der Waals surface area contributed by atoms with Gasteiger partial charge in [0.25, 0.3) is 0 Å². The summed E-state index contributed by atoms with van der Waals surface area (Å²) >= 11 is 5.42. The Balaban J connectivity index is 3.03. The molecule has 0 aromatic rings. The molecule has 0 rings (SSSR count). The summed E-state index contributed by atoms with van der Waals surface area (Å²) in [7, 11) is 0. The van der Waals surface area contributed by atoms with Gasteiger partial charge in [-0.15, -0.1) is 11.6 Å². The van der Waals surface area contributed by atoms with Crippen LogP contribution in [-0.2, 0) is 9.59 Å². The number of rotatable bonds is 12. The Bertz CT molecular complexity index is 232. The molecule has 0 aromatic carbocycles. The molecule has 0 fully saturated rings. The summed E-state index contributed by atoms with van der Waals surface area (Å²) in [6.45, 7) is 2.35. The van der Waals surface area contributed by atoms with Gasteiger partial charge in [-0.05, 0) is 12.8 Å². The maximum atomic E-state index is 10.9. The molecule has 0 unspecified atom stereocenters. The van der Waals surface area contributed by atoms with Crippen LogP contribution in [-0.4, -0.2) is 24.1 Å². The van der Waals surface area contributed by atoms with E-state index >= 15 is 0 Å². The fourth-order valence-electron chi connectivity index (χ4n) is 1.84. The van der Waals surface area contributed by atoms with Gasteiger partial charge in [0.15, 0.2) is 0 Å². The van der Waals surface area contributed by atoms with Gasteiger partial charge in [-0.25, -0.2) is 0 Å². The van der Waals surface area contributed by atoms with Crippen molar-refractivity contribution in [3.05, 3.63) is 0 Å². The van der Waals surface area contributed by atoms with Gasteiger partial charge in [0, 0.05) is 19.9 Å². The highest BCUT2D eigenvalue weighted by Crippen LogP contribution is 2.09. The topological polar surface area (TPSA) is 46.2 Å². The average Bonchev–Trinajstić information content (AvgIpc) is 2.35. The zero-order valence-corrected chi connectivity index (χ0v) is 12.2. The van der Waals surface area contributed by atoms with Crippen LogP contribution < -0.4 is 5.32 Å². The number of alkyl halides is 1. The number of nitrogens with one attached hydrogen (secondary N) is 1. The molecule has 0 aliphatic rings. The summed E-state index contributed by atoms with van der Waals surface area (Å²) in [5.74, 6) is 0.380. The molecule has 0 saturated heterocycles. The molecule has 1 amide bonds. The number of halogens is 1. The summed E-state index contributed by atoms with van der Waals surface area (Å²) in [6.07, 6.45) is 9.96. The van der Waals surface area contributed by atoms with Gasteiger partial charge in [-0.2, -0.15) is 0 Å². The van der Waals surface area contributed by atoms with Crippen LogP contribution in [0.25, 0.3) is 0 Å². The normalized spacial score (nSPS) is 10.3. The number of carbonyl (C=O) groups is 2. The number of amides is 1. The van der Waals surface area contributed by atoms with Crippen molar-refractivity contribution >= 4 is 23.3 Å². The van der Waals surface area contributed by atoms with Gasteiger partial charge < -0.3 is 5.32 Å². The number of hydrogen-bond donors (Lipinski definition) is 1. The molecular weight excluding hydrogens is 250 g/mol. The number of ketones is 1. The van der Waals surface area contributed by atoms with Crippen molar-refractivity contribution in [1.29, 1.82) is 0 Å². The average molecular weight is 276 g/mol. The second-order valence-corrected chi connectivity index (χ2v) is 5.00. The van der Waals surface area contributed by atoms with Gasteiger partial charge in [0.2, 0.25) is 5.91 Å². The van der Waals surface area contributed by atoms with Crippen LogP contribution in [0.15, 0.2) is 0 Å². The summed E-state index contributed by atoms with van der Waals surface area (Å²) in [5, 5.41) is 2.80. The van der Waals surface area contributed by atoms with Crippen molar-refractivity contribution in [1.82, 2.24) is 5.32 Å². The maximum absolute atomic E-state index is 10.9. The van der Waals surface area contributed by atoms with E-state index in [-0.39, 0.29) is 17.6 Å². The largest absolute Gasteiger partial charge is 0.356 e. The van der Waals surface area contributed by atoms with E-state index in [0.29, 0.717) is 6.42 Å². The van der Waals surface area contributed by atoms with Crippen molar-refractivity contribution in [2.24, 2.45) is 0 Å². The molecule has 106 valence electrons. The summed E-state index contributed by atoms with van der Waals surface area (Å²) in [4.78, 5) is 21.5. The quantitative estimate of drug-likeness (QED) is 0.438. The van der Waals surface area contributed by atoms with Crippen molar-refractivity contribution in [2.45, 2.75) is 64.7 Å². The summed E-state index contributed by atoms with van der Waals surface area (Å²) < 4.78 is 0. The van der Waals surface area contributed by atoms with Gasteiger partial charge >= 0.3 is 0 Å². The van der Waals surface area contributed by atoms with E-state index in [1.807, 2.05) is 0 Å². The predicted octanol–water partition coefficient (Wildman–Crippen LogP) is 3.44. The van der Waals surface area contributed by atoms with Crippen LogP contribution >= 0.6 is 11.6 Å². The highest BCUT2D eigenvalue weighted by Gasteiger charge is 1.98. The minimum absolute atomic E-state index is 0.0569. The number of unbranched alkanes of at least 4 members (excludes halogenated alkanes) is 7. The molecule has 0 bridgehead atoms. The van der Waals surface area contributed by atoms with E-state index < -0.39 is 0 Å². The molecule has 1 N–H and O–H groups in total. The van der Waals surface area contributed by atoms with Crippen molar-refractivity contribution < 1.29 is 9.59 Å². The number of Topliss-reactive ketones (excluding diaryl/α,β-unsaturated/α-hetero) is 1. The van der Waals surface area contributed by atoms with Crippen LogP contribution in [0, 0.1) is 0 Å². The molecular formula is C14H26ClNO2. The Hall–Kier alpha value is -0.570. The van der Waals surface area contributed by atoms with E-state index in [2.05, 4.69) is 5.32 Å². The molecule has 0 spiro atoms. The monoisotopic (exact) mass is 275 g/mol. The first-order chi connectivity index (χ1) is 8.66. The van der Waals surface area contributed by atoms with E-state index in [4.69, 9.17) is 11.6 Å². The van der Waals surface area contributed by atoms with Gasteiger partial charge in [-0.1, -0.05) is 38.5 Å². The minimum atomic E-state index is 0.0569. The second kappa shape index (κ2) is 12.9. The molecule has 0 saturated carbocycles. The van der Waals surface area contributed by atoms with Gasteiger partial charge in [0.1, 0.15) is 5.78 Å². The Kier molecular flexibility index (Phi) is 12.5. The van der Waals surface area contributed by atoms with Crippen LogP contribution in [0.1, 0.15) is 64.7 Å². The van der Waals surface area contributed by atoms with E-state index in [1.165, 1.54) is 32.1 Å². The molecule has 0 aromatic heterocycles.